The minimum atomic E-state index is -0.440. The first kappa shape index (κ1) is 9.77. The zero-order chi connectivity index (χ0) is 10.1. The van der Waals surface area contributed by atoms with Gasteiger partial charge in [-0.1, -0.05) is 15.9 Å². The maximum absolute atomic E-state index is 13.1. The van der Waals surface area contributed by atoms with Crippen molar-refractivity contribution in [3.8, 4) is 5.75 Å². The van der Waals surface area contributed by atoms with E-state index in [2.05, 4.69) is 15.9 Å². The molecule has 1 aliphatic rings. The van der Waals surface area contributed by atoms with Crippen molar-refractivity contribution in [3.05, 3.63) is 22.4 Å². The Morgan fingerprint density at radius 1 is 1.50 bits per heavy atom. The van der Waals surface area contributed by atoms with E-state index in [4.69, 9.17) is 10.5 Å². The van der Waals surface area contributed by atoms with Crippen LogP contribution in [0.5, 0.6) is 5.75 Å². The molecule has 1 aromatic rings. The van der Waals surface area contributed by atoms with Gasteiger partial charge in [-0.15, -0.1) is 0 Å². The van der Waals surface area contributed by atoms with Crippen molar-refractivity contribution in [1.29, 1.82) is 0 Å². The fourth-order valence-corrected chi connectivity index (χ4v) is 1.58. The van der Waals surface area contributed by atoms with Crippen LogP contribution in [-0.4, -0.2) is 6.61 Å². The molecule has 2 nitrogen and oxygen atoms in total. The maximum Gasteiger partial charge on any atom is 0.151 e. The van der Waals surface area contributed by atoms with E-state index in [1.165, 1.54) is 18.9 Å². The first-order valence-corrected chi connectivity index (χ1v) is 5.33. The summed E-state index contributed by atoms with van der Waals surface area (Å²) in [4.78, 5) is 0. The average Bonchev–Trinajstić information content (AvgIpc) is 2.92. The fraction of sp³-hybridized carbons (Fsp3) is 0.400. The standard InChI is InChI=1S/C10H11BrFNO/c11-7-3-8(12)10(13)9(4-7)14-5-6-1-2-6/h3-4,6H,1-2,5,13H2. The fourth-order valence-electron chi connectivity index (χ4n) is 1.17. The lowest BCUT2D eigenvalue weighted by Crippen LogP contribution is -2.03. The van der Waals surface area contributed by atoms with Gasteiger partial charge in [0, 0.05) is 4.47 Å². The first-order chi connectivity index (χ1) is 6.66. The number of halogens is 2. The Hall–Kier alpha value is -0.770. The number of benzene rings is 1. The van der Waals surface area contributed by atoms with E-state index in [0.29, 0.717) is 22.7 Å². The van der Waals surface area contributed by atoms with E-state index in [1.807, 2.05) is 0 Å². The molecule has 0 aliphatic heterocycles. The van der Waals surface area contributed by atoms with E-state index in [0.717, 1.165) is 0 Å². The minimum absolute atomic E-state index is 0.0915. The molecule has 0 unspecified atom stereocenters. The summed E-state index contributed by atoms with van der Waals surface area (Å²) in [6.45, 7) is 0.639. The molecule has 4 heteroatoms. The summed E-state index contributed by atoms with van der Waals surface area (Å²) in [6, 6.07) is 3.03. The molecule has 1 aromatic carbocycles. The molecule has 0 spiro atoms. The van der Waals surface area contributed by atoms with E-state index in [9.17, 15) is 4.39 Å². The van der Waals surface area contributed by atoms with Gasteiger partial charge in [-0.2, -0.15) is 0 Å². The highest BCUT2D eigenvalue weighted by Crippen LogP contribution is 2.33. The van der Waals surface area contributed by atoms with Crippen molar-refractivity contribution in [1.82, 2.24) is 0 Å². The zero-order valence-corrected chi connectivity index (χ0v) is 9.18. The molecular formula is C10H11BrFNO. The second kappa shape index (κ2) is 3.77. The highest BCUT2D eigenvalue weighted by atomic mass is 79.9. The summed E-state index contributed by atoms with van der Waals surface area (Å²) in [5.41, 5.74) is 5.63. The van der Waals surface area contributed by atoms with Crippen LogP contribution in [0.3, 0.4) is 0 Å². The van der Waals surface area contributed by atoms with Crippen LogP contribution in [0.4, 0.5) is 10.1 Å². The Bertz CT molecular complexity index is 352. The second-order valence-electron chi connectivity index (χ2n) is 3.55. The molecule has 76 valence electrons. The van der Waals surface area contributed by atoms with Crippen LogP contribution in [0.1, 0.15) is 12.8 Å². The highest BCUT2D eigenvalue weighted by molar-refractivity contribution is 9.10. The van der Waals surface area contributed by atoms with E-state index in [-0.39, 0.29) is 5.69 Å². The van der Waals surface area contributed by atoms with E-state index < -0.39 is 5.82 Å². The number of hydrogen-bond donors (Lipinski definition) is 1. The number of ether oxygens (including phenoxy) is 1. The number of hydrogen-bond acceptors (Lipinski definition) is 2. The van der Waals surface area contributed by atoms with Crippen molar-refractivity contribution in [2.24, 2.45) is 5.92 Å². The summed E-state index contributed by atoms with van der Waals surface area (Å²) in [5.74, 6) is 0.630. The molecule has 0 bridgehead atoms. The van der Waals surface area contributed by atoms with Gasteiger partial charge in [0.15, 0.2) is 5.82 Å². The van der Waals surface area contributed by atoms with Crippen LogP contribution in [-0.2, 0) is 0 Å². The van der Waals surface area contributed by atoms with Gasteiger partial charge in [0.1, 0.15) is 11.4 Å². The van der Waals surface area contributed by atoms with E-state index in [1.54, 1.807) is 6.07 Å². The van der Waals surface area contributed by atoms with Crippen molar-refractivity contribution in [2.75, 3.05) is 12.3 Å². The van der Waals surface area contributed by atoms with Crippen LogP contribution in [0, 0.1) is 11.7 Å². The SMILES string of the molecule is Nc1c(F)cc(Br)cc1OCC1CC1. The third-order valence-electron chi connectivity index (χ3n) is 2.23. The second-order valence-corrected chi connectivity index (χ2v) is 4.47. The first-order valence-electron chi connectivity index (χ1n) is 4.54. The molecular weight excluding hydrogens is 249 g/mol. The van der Waals surface area contributed by atoms with Crippen LogP contribution >= 0.6 is 15.9 Å². The Balaban J connectivity index is 2.13. The maximum atomic E-state index is 13.1. The quantitative estimate of drug-likeness (QED) is 0.848. The molecule has 0 radical (unpaired) electrons. The van der Waals surface area contributed by atoms with Crippen LogP contribution < -0.4 is 10.5 Å². The third kappa shape index (κ3) is 2.18. The van der Waals surface area contributed by atoms with Crippen molar-refractivity contribution in [3.63, 3.8) is 0 Å². The van der Waals surface area contributed by atoms with Gasteiger partial charge in [0.25, 0.3) is 0 Å². The van der Waals surface area contributed by atoms with Gasteiger partial charge in [-0.05, 0) is 30.9 Å². The van der Waals surface area contributed by atoms with Gasteiger partial charge in [0.2, 0.25) is 0 Å². The van der Waals surface area contributed by atoms with Crippen LogP contribution in [0.2, 0.25) is 0 Å². The summed E-state index contributed by atoms with van der Waals surface area (Å²) in [5, 5.41) is 0. The Morgan fingerprint density at radius 3 is 2.86 bits per heavy atom. The van der Waals surface area contributed by atoms with E-state index >= 15 is 0 Å². The summed E-state index contributed by atoms with van der Waals surface area (Å²) in [6.07, 6.45) is 2.41. The Labute approximate surface area is 90.4 Å². The minimum Gasteiger partial charge on any atom is -0.491 e. The topological polar surface area (TPSA) is 35.2 Å². The largest absolute Gasteiger partial charge is 0.491 e. The van der Waals surface area contributed by atoms with Crippen molar-refractivity contribution >= 4 is 21.6 Å². The molecule has 0 saturated heterocycles. The molecule has 0 aromatic heterocycles. The smallest absolute Gasteiger partial charge is 0.151 e. The predicted molar refractivity (Wildman–Crippen MR) is 56.7 cm³/mol. The van der Waals surface area contributed by atoms with Crippen LogP contribution in [0.15, 0.2) is 16.6 Å². The number of anilines is 1. The lowest BCUT2D eigenvalue weighted by atomic mass is 10.3. The third-order valence-corrected chi connectivity index (χ3v) is 2.69. The summed E-state index contributed by atoms with van der Waals surface area (Å²) in [7, 11) is 0. The summed E-state index contributed by atoms with van der Waals surface area (Å²) >= 11 is 3.19. The molecule has 0 heterocycles. The van der Waals surface area contributed by atoms with Crippen LogP contribution in [0.25, 0.3) is 0 Å². The monoisotopic (exact) mass is 259 g/mol. The predicted octanol–water partition coefficient (Wildman–Crippen LogP) is 2.96. The Kier molecular flexibility index (Phi) is 2.63. The average molecular weight is 260 g/mol. The summed E-state index contributed by atoms with van der Waals surface area (Å²) < 4.78 is 19.2. The number of rotatable bonds is 3. The number of nitrogens with two attached hydrogens (primary N) is 1. The van der Waals surface area contributed by atoms with Gasteiger partial charge >= 0.3 is 0 Å². The zero-order valence-electron chi connectivity index (χ0n) is 7.59. The van der Waals surface area contributed by atoms with Gasteiger partial charge in [0.05, 0.1) is 6.61 Å². The molecule has 2 rings (SSSR count). The molecule has 1 saturated carbocycles. The molecule has 2 N–H and O–H groups in total. The molecule has 14 heavy (non-hydrogen) atoms. The molecule has 0 atom stereocenters. The molecule has 1 fully saturated rings. The normalized spacial score (nSPS) is 15.6. The lowest BCUT2D eigenvalue weighted by molar-refractivity contribution is 0.300. The number of nitrogen functional groups attached to an aromatic ring is 1. The van der Waals surface area contributed by atoms with Crippen molar-refractivity contribution < 1.29 is 9.13 Å². The highest BCUT2D eigenvalue weighted by Gasteiger charge is 2.22. The van der Waals surface area contributed by atoms with Gasteiger partial charge < -0.3 is 10.5 Å². The van der Waals surface area contributed by atoms with Gasteiger partial charge in [-0.25, -0.2) is 4.39 Å². The lowest BCUT2D eigenvalue weighted by Gasteiger charge is -2.09. The Morgan fingerprint density at radius 2 is 2.21 bits per heavy atom. The molecule has 0 amide bonds. The van der Waals surface area contributed by atoms with Crippen molar-refractivity contribution in [2.45, 2.75) is 12.8 Å². The molecule has 1 aliphatic carbocycles. The van der Waals surface area contributed by atoms with Gasteiger partial charge in [-0.3, -0.25) is 0 Å².